The Morgan fingerprint density at radius 2 is 2.06 bits per heavy atom. The lowest BCUT2D eigenvalue weighted by Crippen LogP contribution is -2.38. The summed E-state index contributed by atoms with van der Waals surface area (Å²) in [7, 11) is 1.75. The molecule has 0 fully saturated rings. The van der Waals surface area contributed by atoms with Crippen molar-refractivity contribution >= 4 is 0 Å². The van der Waals surface area contributed by atoms with Gasteiger partial charge in [0.05, 0.1) is 0 Å². The highest BCUT2D eigenvalue weighted by molar-refractivity contribution is 4.73. The first-order valence-electron chi connectivity index (χ1n) is 6.47. The zero-order valence-corrected chi connectivity index (χ0v) is 11.5. The molecule has 0 aliphatic heterocycles. The molecule has 0 aromatic heterocycles. The summed E-state index contributed by atoms with van der Waals surface area (Å²) in [5, 5.41) is 3.46. The molecule has 3 nitrogen and oxygen atoms in total. The van der Waals surface area contributed by atoms with Crippen LogP contribution in [0.3, 0.4) is 0 Å². The van der Waals surface area contributed by atoms with E-state index in [2.05, 4.69) is 26.1 Å². The number of unbranched alkanes of at least 4 members (excludes halogenated alkanes) is 1. The van der Waals surface area contributed by atoms with Crippen LogP contribution in [0.5, 0.6) is 0 Å². The van der Waals surface area contributed by atoms with E-state index in [-0.39, 0.29) is 0 Å². The van der Waals surface area contributed by atoms with Crippen LogP contribution in [0.15, 0.2) is 0 Å². The smallest absolute Gasteiger partial charge is 0.0467 e. The average molecular weight is 230 g/mol. The van der Waals surface area contributed by atoms with Gasteiger partial charge in [0.15, 0.2) is 0 Å². The molecule has 0 saturated heterocycles. The fraction of sp³-hybridized carbons (Fsp3) is 1.00. The Morgan fingerprint density at radius 1 is 1.38 bits per heavy atom. The fourth-order valence-corrected chi connectivity index (χ4v) is 1.63. The fourth-order valence-electron chi connectivity index (χ4n) is 1.63. The van der Waals surface area contributed by atoms with Crippen molar-refractivity contribution in [1.82, 2.24) is 5.32 Å². The molecular formula is C13H30N2O. The molecule has 0 bridgehead atoms. The number of methoxy groups -OCH3 is 1. The number of rotatable bonds is 10. The summed E-state index contributed by atoms with van der Waals surface area (Å²) in [6.45, 7) is 9.49. The Kier molecular flexibility index (Phi) is 8.90. The van der Waals surface area contributed by atoms with Crippen LogP contribution < -0.4 is 11.1 Å². The van der Waals surface area contributed by atoms with Gasteiger partial charge in [0, 0.05) is 32.8 Å². The SMILES string of the molecule is CCCCC(N)CNCC(C)(C)CCOC. The highest BCUT2D eigenvalue weighted by Crippen LogP contribution is 2.18. The minimum atomic E-state index is 0.292. The summed E-state index contributed by atoms with van der Waals surface area (Å²) in [6, 6.07) is 0.304. The summed E-state index contributed by atoms with van der Waals surface area (Å²) in [5.74, 6) is 0. The lowest BCUT2D eigenvalue weighted by molar-refractivity contribution is 0.150. The molecule has 0 heterocycles. The Bertz CT molecular complexity index is 160. The third kappa shape index (κ3) is 9.13. The monoisotopic (exact) mass is 230 g/mol. The van der Waals surface area contributed by atoms with Gasteiger partial charge >= 0.3 is 0 Å². The largest absolute Gasteiger partial charge is 0.385 e. The van der Waals surface area contributed by atoms with Gasteiger partial charge in [0.1, 0.15) is 0 Å². The molecule has 3 N–H and O–H groups in total. The third-order valence-electron chi connectivity index (χ3n) is 2.92. The highest BCUT2D eigenvalue weighted by Gasteiger charge is 2.17. The zero-order chi connectivity index (χ0) is 12.4. The second kappa shape index (κ2) is 8.97. The molecule has 0 aromatic rings. The highest BCUT2D eigenvalue weighted by atomic mass is 16.5. The van der Waals surface area contributed by atoms with Crippen LogP contribution in [-0.4, -0.2) is 32.8 Å². The van der Waals surface area contributed by atoms with E-state index in [0.717, 1.165) is 32.5 Å². The van der Waals surface area contributed by atoms with Crippen molar-refractivity contribution in [1.29, 1.82) is 0 Å². The van der Waals surface area contributed by atoms with Gasteiger partial charge in [-0.15, -0.1) is 0 Å². The first-order valence-corrected chi connectivity index (χ1v) is 6.47. The van der Waals surface area contributed by atoms with Crippen LogP contribution in [0.1, 0.15) is 46.5 Å². The summed E-state index contributed by atoms with van der Waals surface area (Å²) >= 11 is 0. The molecule has 1 atom stereocenters. The van der Waals surface area contributed by atoms with Crippen molar-refractivity contribution in [3.05, 3.63) is 0 Å². The Balaban J connectivity index is 3.54. The van der Waals surface area contributed by atoms with Crippen molar-refractivity contribution < 1.29 is 4.74 Å². The molecule has 0 radical (unpaired) electrons. The third-order valence-corrected chi connectivity index (χ3v) is 2.92. The van der Waals surface area contributed by atoms with Crippen LogP contribution in [0.2, 0.25) is 0 Å². The predicted octanol–water partition coefficient (Wildman–Crippen LogP) is 2.16. The maximum absolute atomic E-state index is 6.00. The molecule has 3 heteroatoms. The quantitative estimate of drug-likeness (QED) is 0.604. The van der Waals surface area contributed by atoms with Crippen molar-refractivity contribution in [2.45, 2.75) is 52.5 Å². The van der Waals surface area contributed by atoms with Gasteiger partial charge in [-0.25, -0.2) is 0 Å². The van der Waals surface area contributed by atoms with Gasteiger partial charge in [-0.1, -0.05) is 33.6 Å². The Hall–Kier alpha value is -0.120. The van der Waals surface area contributed by atoms with Gasteiger partial charge in [0.25, 0.3) is 0 Å². The van der Waals surface area contributed by atoms with E-state index in [1.54, 1.807) is 7.11 Å². The summed E-state index contributed by atoms with van der Waals surface area (Å²) < 4.78 is 5.11. The van der Waals surface area contributed by atoms with E-state index < -0.39 is 0 Å². The lowest BCUT2D eigenvalue weighted by Gasteiger charge is -2.25. The van der Waals surface area contributed by atoms with Gasteiger partial charge in [-0.2, -0.15) is 0 Å². The minimum absolute atomic E-state index is 0.292. The maximum atomic E-state index is 6.00. The average Bonchev–Trinajstić information content (AvgIpc) is 2.23. The molecule has 1 unspecified atom stereocenters. The normalized spacial score (nSPS) is 14.1. The van der Waals surface area contributed by atoms with E-state index >= 15 is 0 Å². The molecule has 0 spiro atoms. The van der Waals surface area contributed by atoms with Crippen molar-refractivity contribution in [2.75, 3.05) is 26.8 Å². The second-order valence-corrected chi connectivity index (χ2v) is 5.44. The van der Waals surface area contributed by atoms with Gasteiger partial charge < -0.3 is 15.8 Å². The van der Waals surface area contributed by atoms with Gasteiger partial charge in [-0.05, 0) is 18.3 Å². The number of ether oxygens (including phenoxy) is 1. The van der Waals surface area contributed by atoms with Gasteiger partial charge in [0.2, 0.25) is 0 Å². The van der Waals surface area contributed by atoms with Crippen LogP contribution in [-0.2, 0) is 4.74 Å². The van der Waals surface area contributed by atoms with E-state index in [4.69, 9.17) is 10.5 Å². The van der Waals surface area contributed by atoms with Crippen LogP contribution in [0, 0.1) is 5.41 Å². The molecule has 16 heavy (non-hydrogen) atoms. The van der Waals surface area contributed by atoms with Crippen LogP contribution in [0.25, 0.3) is 0 Å². The van der Waals surface area contributed by atoms with E-state index in [1.807, 2.05) is 0 Å². The molecule has 0 aliphatic rings. The topological polar surface area (TPSA) is 47.3 Å². The molecule has 0 saturated carbocycles. The molecule has 0 aliphatic carbocycles. The van der Waals surface area contributed by atoms with E-state index in [9.17, 15) is 0 Å². The van der Waals surface area contributed by atoms with Crippen molar-refractivity contribution in [3.8, 4) is 0 Å². The van der Waals surface area contributed by atoms with Crippen LogP contribution >= 0.6 is 0 Å². The van der Waals surface area contributed by atoms with Gasteiger partial charge in [-0.3, -0.25) is 0 Å². The maximum Gasteiger partial charge on any atom is 0.0467 e. The van der Waals surface area contributed by atoms with Crippen molar-refractivity contribution in [3.63, 3.8) is 0 Å². The zero-order valence-electron chi connectivity index (χ0n) is 11.5. The Morgan fingerprint density at radius 3 is 2.62 bits per heavy atom. The molecule has 0 amide bonds. The minimum Gasteiger partial charge on any atom is -0.385 e. The predicted molar refractivity (Wildman–Crippen MR) is 70.6 cm³/mol. The standard InChI is InChI=1S/C13H30N2O/c1-5-6-7-12(14)10-15-11-13(2,3)8-9-16-4/h12,15H,5-11,14H2,1-4H3. The first-order chi connectivity index (χ1) is 7.52. The Labute approximate surface area is 101 Å². The van der Waals surface area contributed by atoms with Crippen LogP contribution in [0.4, 0.5) is 0 Å². The molecular weight excluding hydrogens is 200 g/mol. The number of nitrogens with two attached hydrogens (primary N) is 1. The lowest BCUT2D eigenvalue weighted by atomic mass is 9.89. The molecule has 0 aromatic carbocycles. The van der Waals surface area contributed by atoms with E-state index in [1.165, 1.54) is 12.8 Å². The van der Waals surface area contributed by atoms with E-state index in [0.29, 0.717) is 11.5 Å². The van der Waals surface area contributed by atoms with Crippen molar-refractivity contribution in [2.24, 2.45) is 11.1 Å². The number of nitrogens with one attached hydrogen (secondary N) is 1. The first kappa shape index (κ1) is 15.9. The number of hydrogen-bond acceptors (Lipinski definition) is 3. The summed E-state index contributed by atoms with van der Waals surface area (Å²) in [5.41, 5.74) is 6.29. The summed E-state index contributed by atoms with van der Waals surface area (Å²) in [4.78, 5) is 0. The molecule has 0 rings (SSSR count). The number of hydrogen-bond donors (Lipinski definition) is 2. The molecule has 98 valence electrons. The second-order valence-electron chi connectivity index (χ2n) is 5.44. The summed E-state index contributed by atoms with van der Waals surface area (Å²) in [6.07, 6.45) is 4.67.